The summed E-state index contributed by atoms with van der Waals surface area (Å²) in [6.07, 6.45) is 7.31. The first kappa shape index (κ1) is 43.2. The summed E-state index contributed by atoms with van der Waals surface area (Å²) < 4.78 is 1.92. The van der Waals surface area contributed by atoms with Crippen molar-refractivity contribution in [2.75, 3.05) is 22.9 Å². The number of aromatic nitrogens is 2. The second kappa shape index (κ2) is 22.1. The van der Waals surface area contributed by atoms with E-state index in [2.05, 4.69) is 129 Å². The van der Waals surface area contributed by atoms with E-state index in [1.807, 2.05) is 95.9 Å². The second-order valence-corrected chi connectivity index (χ2v) is 19.7. The van der Waals surface area contributed by atoms with E-state index >= 15 is 0 Å². The third kappa shape index (κ3) is 13.3. The SMILES string of the molecule is Cc1cc(C)c(N2[CH-]N(c3c(C)cc(C)cc3C)CC2)c(C)c1.[Cl][Ru]([Cl])=[CH]c1ccccc1.c1ccc(-c2cccnc2)cc1.c1ccc(-c2cccnc2)cc1. The van der Waals surface area contributed by atoms with Gasteiger partial charge < -0.3 is 9.80 Å². The molecule has 8 rings (SSSR count). The molecule has 1 aliphatic heterocycles. The normalized spacial score (nSPS) is 11.9. The Balaban J connectivity index is 0.000000155. The molecule has 0 radical (unpaired) electrons. The van der Waals surface area contributed by atoms with E-state index in [-0.39, 0.29) is 0 Å². The van der Waals surface area contributed by atoms with E-state index in [0.29, 0.717) is 0 Å². The van der Waals surface area contributed by atoms with Gasteiger partial charge in [-0.05, 0) is 98.2 Å². The van der Waals surface area contributed by atoms with Gasteiger partial charge in [0.25, 0.3) is 0 Å². The number of anilines is 2. The Labute approximate surface area is 353 Å². The van der Waals surface area contributed by atoms with E-state index < -0.39 is 13.5 Å². The summed E-state index contributed by atoms with van der Waals surface area (Å²) in [5.74, 6) is 0. The quantitative estimate of drug-likeness (QED) is 0.127. The fraction of sp³-hybridized carbons (Fsp3) is 0.160. The summed E-state index contributed by atoms with van der Waals surface area (Å²) in [4.78, 5) is 12.9. The minimum absolute atomic E-state index is 1.04. The van der Waals surface area contributed by atoms with Gasteiger partial charge in [0.2, 0.25) is 0 Å². The topological polar surface area (TPSA) is 32.3 Å². The zero-order chi connectivity index (χ0) is 40.6. The van der Waals surface area contributed by atoms with Crippen molar-refractivity contribution in [2.45, 2.75) is 41.5 Å². The van der Waals surface area contributed by atoms with Crippen LogP contribution in [0.4, 0.5) is 11.4 Å². The maximum atomic E-state index is 5.67. The van der Waals surface area contributed by atoms with E-state index in [0.717, 1.165) is 29.8 Å². The fourth-order valence-electron chi connectivity index (χ4n) is 7.03. The van der Waals surface area contributed by atoms with Gasteiger partial charge in [-0.25, -0.2) is 0 Å². The Kier molecular flexibility index (Phi) is 16.8. The summed E-state index contributed by atoms with van der Waals surface area (Å²) in [6.45, 7) is 17.6. The van der Waals surface area contributed by atoms with Crippen molar-refractivity contribution in [3.8, 4) is 22.3 Å². The number of hydrogen-bond donors (Lipinski definition) is 0. The van der Waals surface area contributed by atoms with Crippen LogP contribution in [0.5, 0.6) is 0 Å². The first-order valence-electron chi connectivity index (χ1n) is 18.9. The predicted octanol–water partition coefficient (Wildman–Crippen LogP) is 13.2. The molecule has 0 aliphatic carbocycles. The van der Waals surface area contributed by atoms with Crippen molar-refractivity contribution >= 4 is 35.4 Å². The average molecular weight is 880 g/mol. The van der Waals surface area contributed by atoms with Crippen LogP contribution in [0.25, 0.3) is 22.3 Å². The molecule has 5 aromatic carbocycles. The summed E-state index contributed by atoms with van der Waals surface area (Å²) in [6, 6.07) is 47.5. The smallest absolute Gasteiger partial charge is 0.0346 e. The molecular formula is C50H51Cl2N4Ru-. The fourth-order valence-corrected chi connectivity index (χ4v) is 8.85. The average Bonchev–Trinajstić information content (AvgIpc) is 3.68. The van der Waals surface area contributed by atoms with Gasteiger partial charge in [-0.1, -0.05) is 108 Å². The van der Waals surface area contributed by atoms with Crippen molar-refractivity contribution in [1.29, 1.82) is 0 Å². The maximum Gasteiger partial charge on any atom is 0.0346 e. The molecule has 7 heteroatoms. The number of rotatable bonds is 5. The van der Waals surface area contributed by atoms with Crippen molar-refractivity contribution < 1.29 is 13.5 Å². The van der Waals surface area contributed by atoms with Crippen molar-refractivity contribution in [1.82, 2.24) is 9.97 Å². The molecule has 0 atom stereocenters. The van der Waals surface area contributed by atoms with Crippen LogP contribution in [0.3, 0.4) is 0 Å². The molecule has 3 heterocycles. The third-order valence-electron chi connectivity index (χ3n) is 9.24. The molecule has 0 amide bonds. The molecule has 57 heavy (non-hydrogen) atoms. The molecule has 4 nitrogen and oxygen atoms in total. The van der Waals surface area contributed by atoms with Gasteiger partial charge in [0.15, 0.2) is 0 Å². The number of pyridine rings is 2. The minimum atomic E-state index is -1.61. The van der Waals surface area contributed by atoms with Gasteiger partial charge >= 0.3 is 73.4 Å². The van der Waals surface area contributed by atoms with Gasteiger partial charge in [-0.3, -0.25) is 9.97 Å². The Morgan fingerprint density at radius 3 is 1.18 bits per heavy atom. The van der Waals surface area contributed by atoms with E-state index in [4.69, 9.17) is 19.4 Å². The molecule has 0 saturated carbocycles. The van der Waals surface area contributed by atoms with Crippen molar-refractivity contribution in [2.24, 2.45) is 0 Å². The second-order valence-electron chi connectivity index (χ2n) is 13.9. The molecule has 294 valence electrons. The molecule has 1 fully saturated rings. The van der Waals surface area contributed by atoms with Gasteiger partial charge in [-0.2, -0.15) is 6.67 Å². The largest absolute Gasteiger partial charge is 0.264 e. The van der Waals surface area contributed by atoms with Gasteiger partial charge in [0, 0.05) is 49.3 Å². The Morgan fingerprint density at radius 2 is 0.842 bits per heavy atom. The van der Waals surface area contributed by atoms with Crippen LogP contribution in [0.2, 0.25) is 0 Å². The molecular weight excluding hydrogens is 829 g/mol. The summed E-state index contributed by atoms with van der Waals surface area (Å²) in [7, 11) is 11.3. The number of benzene rings is 5. The zero-order valence-corrected chi connectivity index (χ0v) is 36.8. The van der Waals surface area contributed by atoms with Crippen LogP contribution in [-0.4, -0.2) is 27.7 Å². The number of halogens is 2. The molecule has 1 saturated heterocycles. The monoisotopic (exact) mass is 879 g/mol. The Bertz CT molecular complexity index is 2040. The van der Waals surface area contributed by atoms with Crippen LogP contribution in [0.1, 0.15) is 38.9 Å². The number of hydrogen-bond acceptors (Lipinski definition) is 4. The molecule has 0 N–H and O–H groups in total. The minimum Gasteiger partial charge on any atom is -0.264 e. The van der Waals surface area contributed by atoms with Crippen LogP contribution < -0.4 is 9.80 Å². The van der Waals surface area contributed by atoms with Crippen LogP contribution in [0, 0.1) is 48.2 Å². The van der Waals surface area contributed by atoms with E-state index in [9.17, 15) is 0 Å². The number of aryl methyl sites for hydroxylation is 6. The van der Waals surface area contributed by atoms with E-state index in [1.165, 1.54) is 55.9 Å². The molecule has 2 aromatic heterocycles. The Hall–Kier alpha value is -4.93. The van der Waals surface area contributed by atoms with Crippen LogP contribution >= 0.6 is 19.4 Å². The summed E-state index contributed by atoms with van der Waals surface area (Å²) in [5.41, 5.74) is 16.7. The van der Waals surface area contributed by atoms with Gasteiger partial charge in [0.05, 0.1) is 0 Å². The zero-order valence-electron chi connectivity index (χ0n) is 33.6. The molecule has 0 spiro atoms. The maximum absolute atomic E-state index is 5.67. The molecule has 7 aromatic rings. The van der Waals surface area contributed by atoms with Crippen molar-refractivity contribution in [3.05, 3.63) is 210 Å². The summed E-state index contributed by atoms with van der Waals surface area (Å²) >= 11 is -1.61. The van der Waals surface area contributed by atoms with Gasteiger partial charge in [-0.15, -0.1) is 0 Å². The Morgan fingerprint density at radius 1 is 0.491 bits per heavy atom. The first-order valence-corrected chi connectivity index (χ1v) is 24.4. The van der Waals surface area contributed by atoms with E-state index in [1.54, 1.807) is 12.4 Å². The standard InChI is InChI=1S/C21H27N2.2C11H9N.C7H6.2ClH.Ru/c1-14-9-16(3)20(17(4)10-14)22-7-8-23(13-22)21-18(5)11-15(2)12-19(21)6;2*1-2-5-10(6-3-1)11-7-4-8-12-9-11;1-7-5-3-2-4-6-7;;;/h9-13H,7-8H2,1-6H3;2*1-9H;1-6H;2*1H;/q-1;;;;;;+2/p-2. The third-order valence-corrected chi connectivity index (χ3v) is 11.1. The molecule has 0 unspecified atom stereocenters. The van der Waals surface area contributed by atoms with Crippen LogP contribution in [-0.2, 0) is 13.5 Å². The molecule has 1 aliphatic rings. The predicted molar refractivity (Wildman–Crippen MR) is 243 cm³/mol. The number of nitrogens with zero attached hydrogens (tertiary/aromatic N) is 4. The van der Waals surface area contributed by atoms with Crippen molar-refractivity contribution in [3.63, 3.8) is 0 Å². The van der Waals surface area contributed by atoms with Crippen LogP contribution in [0.15, 0.2) is 164 Å². The van der Waals surface area contributed by atoms with Gasteiger partial charge in [0.1, 0.15) is 0 Å². The summed E-state index contributed by atoms with van der Waals surface area (Å²) in [5, 5.41) is 0. The first-order chi connectivity index (χ1) is 27.6. The molecule has 0 bridgehead atoms.